The van der Waals surface area contributed by atoms with Crippen LogP contribution in [0, 0.1) is 13.8 Å². The van der Waals surface area contributed by atoms with E-state index in [0.717, 1.165) is 22.4 Å². The van der Waals surface area contributed by atoms with Gasteiger partial charge in [-0.1, -0.05) is 12.1 Å². The summed E-state index contributed by atoms with van der Waals surface area (Å²) in [7, 11) is 0. The molecule has 1 aromatic heterocycles. The summed E-state index contributed by atoms with van der Waals surface area (Å²) < 4.78 is 0. The standard InChI is InChI=1S/C15H15NOS/c1-11-3-4-12(2)14(9-11)16-15(17)6-5-13-7-8-18-10-13/h3-10H,1-2H3,(H,16,17)/b6-5+. The van der Waals surface area contributed by atoms with Crippen molar-refractivity contribution in [2.45, 2.75) is 13.8 Å². The first kappa shape index (κ1) is 12.6. The molecule has 0 unspecified atom stereocenters. The zero-order valence-electron chi connectivity index (χ0n) is 10.4. The fourth-order valence-electron chi connectivity index (χ4n) is 1.59. The Morgan fingerprint density at radius 1 is 1.28 bits per heavy atom. The Bertz CT molecular complexity index is 570. The lowest BCUT2D eigenvalue weighted by molar-refractivity contribution is -0.111. The SMILES string of the molecule is Cc1ccc(C)c(NC(=O)/C=C/c2ccsc2)c1. The first-order valence-electron chi connectivity index (χ1n) is 5.73. The molecule has 18 heavy (non-hydrogen) atoms. The molecule has 0 saturated heterocycles. The smallest absolute Gasteiger partial charge is 0.248 e. The van der Waals surface area contributed by atoms with E-state index in [4.69, 9.17) is 0 Å². The number of carbonyl (C=O) groups is 1. The summed E-state index contributed by atoms with van der Waals surface area (Å²) in [6, 6.07) is 8.00. The Labute approximate surface area is 111 Å². The number of anilines is 1. The Morgan fingerprint density at radius 3 is 2.83 bits per heavy atom. The highest BCUT2D eigenvalue weighted by Crippen LogP contribution is 2.16. The molecule has 0 aliphatic heterocycles. The van der Waals surface area contributed by atoms with E-state index < -0.39 is 0 Å². The lowest BCUT2D eigenvalue weighted by Gasteiger charge is -2.07. The van der Waals surface area contributed by atoms with Crippen molar-refractivity contribution in [2.24, 2.45) is 0 Å². The zero-order valence-corrected chi connectivity index (χ0v) is 11.3. The van der Waals surface area contributed by atoms with E-state index in [-0.39, 0.29) is 5.91 Å². The van der Waals surface area contributed by atoms with Crippen LogP contribution in [0.1, 0.15) is 16.7 Å². The van der Waals surface area contributed by atoms with Crippen molar-refractivity contribution in [3.8, 4) is 0 Å². The first-order chi connectivity index (χ1) is 8.65. The van der Waals surface area contributed by atoms with Gasteiger partial charge in [-0.25, -0.2) is 0 Å². The maximum Gasteiger partial charge on any atom is 0.248 e. The van der Waals surface area contributed by atoms with Gasteiger partial charge in [0.25, 0.3) is 0 Å². The molecule has 0 aliphatic carbocycles. The van der Waals surface area contributed by atoms with E-state index >= 15 is 0 Å². The number of thiophene rings is 1. The molecule has 2 nitrogen and oxygen atoms in total. The van der Waals surface area contributed by atoms with Gasteiger partial charge in [0.15, 0.2) is 0 Å². The number of hydrogen-bond acceptors (Lipinski definition) is 2. The van der Waals surface area contributed by atoms with E-state index in [1.807, 2.05) is 54.9 Å². The van der Waals surface area contributed by atoms with E-state index in [0.29, 0.717) is 0 Å². The topological polar surface area (TPSA) is 29.1 Å². The summed E-state index contributed by atoms with van der Waals surface area (Å²) in [6.07, 6.45) is 3.38. The number of carbonyl (C=O) groups excluding carboxylic acids is 1. The van der Waals surface area contributed by atoms with Crippen molar-refractivity contribution in [3.05, 3.63) is 57.8 Å². The number of hydrogen-bond donors (Lipinski definition) is 1. The van der Waals surface area contributed by atoms with Gasteiger partial charge in [0.2, 0.25) is 5.91 Å². The average molecular weight is 257 g/mol. The second-order valence-corrected chi connectivity index (χ2v) is 4.98. The molecule has 0 aliphatic rings. The molecule has 1 aromatic carbocycles. The minimum atomic E-state index is -0.102. The van der Waals surface area contributed by atoms with Crippen LogP contribution in [0.4, 0.5) is 5.69 Å². The van der Waals surface area contributed by atoms with E-state index in [2.05, 4.69) is 5.32 Å². The Kier molecular flexibility index (Phi) is 3.95. The van der Waals surface area contributed by atoms with Gasteiger partial charge in [-0.2, -0.15) is 11.3 Å². The highest BCUT2D eigenvalue weighted by Gasteiger charge is 2.01. The third-order valence-electron chi connectivity index (χ3n) is 2.62. The molecule has 0 saturated carbocycles. The van der Waals surface area contributed by atoms with Crippen molar-refractivity contribution < 1.29 is 4.79 Å². The van der Waals surface area contributed by atoms with Crippen molar-refractivity contribution in [2.75, 3.05) is 5.32 Å². The predicted octanol–water partition coefficient (Wildman–Crippen LogP) is 4.02. The van der Waals surface area contributed by atoms with E-state index in [1.54, 1.807) is 17.4 Å². The summed E-state index contributed by atoms with van der Waals surface area (Å²) in [5.41, 5.74) is 4.13. The molecule has 0 fully saturated rings. The molecular formula is C15H15NOS. The molecule has 0 radical (unpaired) electrons. The van der Waals surface area contributed by atoms with Crippen molar-refractivity contribution in [1.82, 2.24) is 0 Å². The lowest BCUT2D eigenvalue weighted by atomic mass is 10.1. The van der Waals surface area contributed by atoms with E-state index in [1.165, 1.54) is 0 Å². The van der Waals surface area contributed by atoms with Crippen LogP contribution in [0.15, 0.2) is 41.1 Å². The highest BCUT2D eigenvalue weighted by atomic mass is 32.1. The molecule has 3 heteroatoms. The monoisotopic (exact) mass is 257 g/mol. The van der Waals surface area contributed by atoms with Gasteiger partial charge in [0, 0.05) is 11.8 Å². The van der Waals surface area contributed by atoms with Gasteiger partial charge in [0.1, 0.15) is 0 Å². The number of nitrogens with one attached hydrogen (secondary N) is 1. The summed E-state index contributed by atoms with van der Waals surface area (Å²) in [6.45, 7) is 3.99. The third kappa shape index (κ3) is 3.31. The quantitative estimate of drug-likeness (QED) is 0.827. The molecule has 0 atom stereocenters. The van der Waals surface area contributed by atoms with Gasteiger partial charge in [0.05, 0.1) is 0 Å². The second-order valence-electron chi connectivity index (χ2n) is 4.20. The fraction of sp³-hybridized carbons (Fsp3) is 0.133. The third-order valence-corrected chi connectivity index (χ3v) is 3.32. The maximum absolute atomic E-state index is 11.8. The summed E-state index contributed by atoms with van der Waals surface area (Å²) in [4.78, 5) is 11.8. The van der Waals surface area contributed by atoms with E-state index in [9.17, 15) is 4.79 Å². The summed E-state index contributed by atoms with van der Waals surface area (Å²) in [5.74, 6) is -0.102. The molecule has 0 bridgehead atoms. The van der Waals surface area contributed by atoms with Gasteiger partial charge in [-0.05, 0) is 59.5 Å². The minimum Gasteiger partial charge on any atom is -0.322 e. The van der Waals surface area contributed by atoms with Crippen molar-refractivity contribution in [3.63, 3.8) is 0 Å². The van der Waals surface area contributed by atoms with Crippen LogP contribution in [0.25, 0.3) is 6.08 Å². The second kappa shape index (κ2) is 5.65. The van der Waals surface area contributed by atoms with Crippen LogP contribution < -0.4 is 5.32 Å². The van der Waals surface area contributed by atoms with Crippen molar-refractivity contribution >= 4 is 29.0 Å². The van der Waals surface area contributed by atoms with Gasteiger partial charge >= 0.3 is 0 Å². The Hall–Kier alpha value is -1.87. The summed E-state index contributed by atoms with van der Waals surface area (Å²) in [5, 5.41) is 6.88. The largest absolute Gasteiger partial charge is 0.322 e. The molecular weight excluding hydrogens is 242 g/mol. The van der Waals surface area contributed by atoms with Crippen molar-refractivity contribution in [1.29, 1.82) is 0 Å². The van der Waals surface area contributed by atoms with Crippen LogP contribution in [0.5, 0.6) is 0 Å². The fourth-order valence-corrected chi connectivity index (χ4v) is 2.22. The molecule has 1 heterocycles. The molecule has 0 spiro atoms. The number of aryl methyl sites for hydroxylation is 2. The summed E-state index contributed by atoms with van der Waals surface area (Å²) >= 11 is 1.62. The minimum absolute atomic E-state index is 0.102. The van der Waals surface area contributed by atoms with Crippen LogP contribution in [0.3, 0.4) is 0 Å². The highest BCUT2D eigenvalue weighted by molar-refractivity contribution is 7.08. The lowest BCUT2D eigenvalue weighted by Crippen LogP contribution is -2.09. The predicted molar refractivity (Wildman–Crippen MR) is 77.9 cm³/mol. The number of amides is 1. The molecule has 92 valence electrons. The normalized spacial score (nSPS) is 10.8. The van der Waals surface area contributed by atoms with Crippen LogP contribution in [0.2, 0.25) is 0 Å². The average Bonchev–Trinajstić information content (AvgIpc) is 2.84. The Morgan fingerprint density at radius 2 is 2.11 bits per heavy atom. The number of rotatable bonds is 3. The molecule has 1 N–H and O–H groups in total. The first-order valence-corrected chi connectivity index (χ1v) is 6.68. The van der Waals surface area contributed by atoms with Gasteiger partial charge < -0.3 is 5.32 Å². The van der Waals surface area contributed by atoms with Crippen LogP contribution in [-0.2, 0) is 4.79 Å². The van der Waals surface area contributed by atoms with Gasteiger partial charge in [-0.15, -0.1) is 0 Å². The molecule has 2 rings (SSSR count). The van der Waals surface area contributed by atoms with Crippen LogP contribution >= 0.6 is 11.3 Å². The van der Waals surface area contributed by atoms with Gasteiger partial charge in [-0.3, -0.25) is 4.79 Å². The zero-order chi connectivity index (χ0) is 13.0. The maximum atomic E-state index is 11.8. The number of benzene rings is 1. The van der Waals surface area contributed by atoms with Crippen LogP contribution in [-0.4, -0.2) is 5.91 Å². The Balaban J connectivity index is 2.05. The molecule has 2 aromatic rings. The molecule has 1 amide bonds.